The van der Waals surface area contributed by atoms with Crippen LogP contribution < -0.4 is 0 Å². The molecule has 2 saturated carbocycles. The van der Waals surface area contributed by atoms with Gasteiger partial charge < -0.3 is 9.47 Å². The summed E-state index contributed by atoms with van der Waals surface area (Å²) in [5.74, 6) is 1.08. The minimum Gasteiger partial charge on any atom is -0.347 e. The third-order valence-corrected chi connectivity index (χ3v) is 4.97. The van der Waals surface area contributed by atoms with Gasteiger partial charge >= 0.3 is 0 Å². The molecule has 1 aliphatic heterocycles. The van der Waals surface area contributed by atoms with Gasteiger partial charge in [0.05, 0.1) is 13.2 Å². The molecule has 3 heteroatoms. The molecular weight excluding hydrogens is 228 g/mol. The molecule has 0 aromatic heterocycles. The van der Waals surface area contributed by atoms with E-state index in [1.165, 1.54) is 0 Å². The molecule has 18 heavy (non-hydrogen) atoms. The molecule has 1 spiro atoms. The van der Waals surface area contributed by atoms with Crippen molar-refractivity contribution in [1.82, 2.24) is 0 Å². The maximum atomic E-state index is 12.1. The van der Waals surface area contributed by atoms with E-state index in [1.54, 1.807) is 0 Å². The van der Waals surface area contributed by atoms with Crippen LogP contribution in [0.2, 0.25) is 0 Å². The van der Waals surface area contributed by atoms with Crippen LogP contribution in [0.25, 0.3) is 0 Å². The van der Waals surface area contributed by atoms with Crippen molar-refractivity contribution < 1.29 is 14.3 Å². The number of Topliss-reactive ketones (excluding diaryl/α,β-unsaturated/α-hetero) is 1. The average Bonchev–Trinajstić information content (AvgIpc) is 2.83. The van der Waals surface area contributed by atoms with Crippen molar-refractivity contribution in [3.05, 3.63) is 12.7 Å². The topological polar surface area (TPSA) is 35.5 Å². The summed E-state index contributed by atoms with van der Waals surface area (Å²) in [5.41, 5.74) is 0. The number of allylic oxidation sites excluding steroid dienone is 1. The summed E-state index contributed by atoms with van der Waals surface area (Å²) in [6.45, 7) is 5.22. The molecule has 0 N–H and O–H groups in total. The monoisotopic (exact) mass is 250 g/mol. The lowest BCUT2D eigenvalue weighted by Crippen LogP contribution is -2.51. The quantitative estimate of drug-likeness (QED) is 0.707. The zero-order valence-corrected chi connectivity index (χ0v) is 10.9. The van der Waals surface area contributed by atoms with Crippen molar-refractivity contribution in [3.63, 3.8) is 0 Å². The highest BCUT2D eigenvalue weighted by molar-refractivity contribution is 5.82. The van der Waals surface area contributed by atoms with Gasteiger partial charge in [-0.3, -0.25) is 4.79 Å². The predicted octanol–water partition coefficient (Wildman–Crippen LogP) is 2.70. The lowest BCUT2D eigenvalue weighted by molar-refractivity contribution is -0.236. The van der Waals surface area contributed by atoms with Gasteiger partial charge in [-0.25, -0.2) is 0 Å². The molecule has 0 amide bonds. The van der Waals surface area contributed by atoms with Gasteiger partial charge in [0, 0.05) is 24.7 Å². The van der Waals surface area contributed by atoms with Crippen LogP contribution in [0.1, 0.15) is 38.5 Å². The van der Waals surface area contributed by atoms with E-state index >= 15 is 0 Å². The van der Waals surface area contributed by atoms with Crippen LogP contribution in [0.5, 0.6) is 0 Å². The molecule has 1 saturated heterocycles. The molecule has 0 aromatic rings. The summed E-state index contributed by atoms with van der Waals surface area (Å²) in [4.78, 5) is 12.1. The Bertz CT molecular complexity index is 344. The lowest BCUT2D eigenvalue weighted by Gasteiger charge is -2.49. The minimum atomic E-state index is -0.358. The number of ketones is 1. The van der Waals surface area contributed by atoms with E-state index in [1.807, 2.05) is 6.08 Å². The first-order valence-electron chi connectivity index (χ1n) is 7.18. The van der Waals surface area contributed by atoms with E-state index in [0.29, 0.717) is 37.3 Å². The zero-order chi connectivity index (χ0) is 12.6. The van der Waals surface area contributed by atoms with Crippen LogP contribution in [-0.2, 0) is 14.3 Å². The number of fused-ring (bicyclic) bond motifs is 2. The van der Waals surface area contributed by atoms with Crippen molar-refractivity contribution in [3.8, 4) is 0 Å². The first-order chi connectivity index (χ1) is 8.77. The molecule has 0 radical (unpaired) electrons. The van der Waals surface area contributed by atoms with Gasteiger partial charge in [0.1, 0.15) is 5.78 Å². The Kier molecular flexibility index (Phi) is 3.29. The van der Waals surface area contributed by atoms with Crippen molar-refractivity contribution in [1.29, 1.82) is 0 Å². The smallest absolute Gasteiger partial charge is 0.171 e. The van der Waals surface area contributed by atoms with Gasteiger partial charge in [-0.1, -0.05) is 6.08 Å². The standard InChI is InChI=1S/C15H22O3/c1-2-4-12-11-5-3-8-15(17-9-10-18-15)13(11)6-7-14(12)16/h2,11-13H,1,3-10H2. The molecule has 3 aliphatic rings. The number of carbonyl (C=O) groups excluding carboxylic acids is 1. The summed E-state index contributed by atoms with van der Waals surface area (Å²) in [7, 11) is 0. The van der Waals surface area contributed by atoms with Crippen LogP contribution in [-0.4, -0.2) is 24.8 Å². The van der Waals surface area contributed by atoms with E-state index in [9.17, 15) is 4.79 Å². The Balaban J connectivity index is 1.85. The second-order valence-electron chi connectivity index (χ2n) is 5.81. The predicted molar refractivity (Wildman–Crippen MR) is 68.0 cm³/mol. The van der Waals surface area contributed by atoms with Crippen molar-refractivity contribution in [2.45, 2.75) is 44.3 Å². The normalized spacial score (nSPS) is 38.7. The molecule has 3 nitrogen and oxygen atoms in total. The van der Waals surface area contributed by atoms with Crippen LogP contribution in [0.15, 0.2) is 12.7 Å². The lowest BCUT2D eigenvalue weighted by atomic mass is 9.61. The third-order valence-electron chi connectivity index (χ3n) is 4.97. The molecule has 2 aliphatic carbocycles. The number of hydrogen-bond donors (Lipinski definition) is 0. The molecule has 3 rings (SSSR count). The van der Waals surface area contributed by atoms with Gasteiger partial charge in [0.25, 0.3) is 0 Å². The van der Waals surface area contributed by atoms with E-state index < -0.39 is 0 Å². The Labute approximate surface area is 109 Å². The summed E-state index contributed by atoms with van der Waals surface area (Å²) < 4.78 is 11.9. The van der Waals surface area contributed by atoms with Crippen molar-refractivity contribution >= 4 is 5.78 Å². The summed E-state index contributed by atoms with van der Waals surface area (Å²) in [6.07, 6.45) is 7.60. The van der Waals surface area contributed by atoms with Crippen LogP contribution in [0.3, 0.4) is 0 Å². The van der Waals surface area contributed by atoms with E-state index in [2.05, 4.69) is 6.58 Å². The molecule has 1 heterocycles. The van der Waals surface area contributed by atoms with Gasteiger partial charge in [-0.05, 0) is 31.6 Å². The Morgan fingerprint density at radius 3 is 2.83 bits per heavy atom. The van der Waals surface area contributed by atoms with Crippen molar-refractivity contribution in [2.75, 3.05) is 13.2 Å². The summed E-state index contributed by atoms with van der Waals surface area (Å²) >= 11 is 0. The highest BCUT2D eigenvalue weighted by Crippen LogP contribution is 2.51. The number of rotatable bonds is 2. The number of hydrogen-bond acceptors (Lipinski definition) is 3. The average molecular weight is 250 g/mol. The van der Waals surface area contributed by atoms with Gasteiger partial charge in [-0.15, -0.1) is 6.58 Å². The third kappa shape index (κ3) is 1.84. The van der Waals surface area contributed by atoms with Gasteiger partial charge in [-0.2, -0.15) is 0 Å². The van der Waals surface area contributed by atoms with E-state index in [4.69, 9.17) is 9.47 Å². The van der Waals surface area contributed by atoms with E-state index in [0.717, 1.165) is 32.1 Å². The number of ether oxygens (including phenoxy) is 2. The fourth-order valence-corrected chi connectivity index (χ4v) is 4.25. The molecular formula is C15H22O3. The highest BCUT2D eigenvalue weighted by Gasteiger charge is 2.54. The molecule has 0 aromatic carbocycles. The van der Waals surface area contributed by atoms with Crippen LogP contribution in [0.4, 0.5) is 0 Å². The Morgan fingerprint density at radius 1 is 1.33 bits per heavy atom. The minimum absolute atomic E-state index is 0.159. The first-order valence-corrected chi connectivity index (χ1v) is 7.18. The second-order valence-corrected chi connectivity index (χ2v) is 5.81. The SMILES string of the molecule is C=CCC1C(=O)CCC2C1CCCC21OCCO1. The molecule has 3 fully saturated rings. The summed E-state index contributed by atoms with van der Waals surface area (Å²) in [5, 5.41) is 0. The van der Waals surface area contributed by atoms with E-state index in [-0.39, 0.29) is 11.7 Å². The zero-order valence-electron chi connectivity index (χ0n) is 10.9. The van der Waals surface area contributed by atoms with Crippen LogP contribution in [0, 0.1) is 17.8 Å². The maximum absolute atomic E-state index is 12.1. The Morgan fingerprint density at radius 2 is 2.11 bits per heavy atom. The molecule has 3 atom stereocenters. The Hall–Kier alpha value is -0.670. The van der Waals surface area contributed by atoms with Gasteiger partial charge in [0.15, 0.2) is 5.79 Å². The van der Waals surface area contributed by atoms with Gasteiger partial charge in [0.2, 0.25) is 0 Å². The van der Waals surface area contributed by atoms with Crippen LogP contribution >= 0.6 is 0 Å². The maximum Gasteiger partial charge on any atom is 0.171 e. The van der Waals surface area contributed by atoms with Crippen molar-refractivity contribution in [2.24, 2.45) is 17.8 Å². The molecule has 3 unspecified atom stereocenters. The highest BCUT2D eigenvalue weighted by atomic mass is 16.7. The molecule has 0 bridgehead atoms. The fraction of sp³-hybridized carbons (Fsp3) is 0.800. The fourth-order valence-electron chi connectivity index (χ4n) is 4.25. The largest absolute Gasteiger partial charge is 0.347 e. The second kappa shape index (κ2) is 4.78. The first kappa shape index (κ1) is 12.4. The summed E-state index contributed by atoms with van der Waals surface area (Å²) in [6, 6.07) is 0. The molecule has 100 valence electrons. The number of carbonyl (C=O) groups is 1.